The second-order valence-electron chi connectivity index (χ2n) is 3.54. The van der Waals surface area contributed by atoms with Gasteiger partial charge in [-0.1, -0.05) is 0 Å². The lowest BCUT2D eigenvalue weighted by Gasteiger charge is -2.28. The molecule has 1 rings (SSSR count). The first-order valence-corrected chi connectivity index (χ1v) is 5.08. The van der Waals surface area contributed by atoms with Gasteiger partial charge in [0.1, 0.15) is 6.04 Å². The van der Waals surface area contributed by atoms with E-state index in [9.17, 15) is 14.4 Å². The normalized spacial score (nSPS) is 17.3. The number of hydrogen-bond acceptors (Lipinski definition) is 4. The molecule has 1 fully saturated rings. The smallest absolute Gasteiger partial charge is 0.326 e. The van der Waals surface area contributed by atoms with Crippen LogP contribution in [-0.4, -0.2) is 65.4 Å². The number of ether oxygens (including phenoxy) is 1. The molecule has 17 heavy (non-hydrogen) atoms. The van der Waals surface area contributed by atoms with Gasteiger partial charge in [-0.25, -0.2) is 9.59 Å². The molecule has 0 spiro atoms. The van der Waals surface area contributed by atoms with E-state index in [1.54, 1.807) is 0 Å². The van der Waals surface area contributed by atoms with E-state index in [1.807, 2.05) is 0 Å². The molecule has 1 heterocycles. The van der Waals surface area contributed by atoms with E-state index in [0.29, 0.717) is 26.3 Å². The number of hydrogen-bond donors (Lipinski definition) is 3. The zero-order valence-electron chi connectivity index (χ0n) is 9.09. The minimum atomic E-state index is -1.41. The highest BCUT2D eigenvalue weighted by Crippen LogP contribution is 2.00. The van der Waals surface area contributed by atoms with Crippen molar-refractivity contribution in [3.8, 4) is 0 Å². The van der Waals surface area contributed by atoms with Crippen molar-refractivity contribution in [2.24, 2.45) is 0 Å². The van der Waals surface area contributed by atoms with Crippen LogP contribution in [0.25, 0.3) is 0 Å². The van der Waals surface area contributed by atoms with Gasteiger partial charge in [-0.15, -0.1) is 0 Å². The van der Waals surface area contributed by atoms with Gasteiger partial charge in [0.2, 0.25) is 0 Å². The molecule has 3 N–H and O–H groups in total. The molecular formula is C9H14N2O6. The molecule has 1 saturated heterocycles. The number of rotatable bonds is 4. The highest BCUT2D eigenvalue weighted by atomic mass is 16.5. The SMILES string of the molecule is O=C(O)C[C@@H](NC(=O)N1CCOCC1)C(=O)O. The van der Waals surface area contributed by atoms with Crippen molar-refractivity contribution >= 4 is 18.0 Å². The summed E-state index contributed by atoms with van der Waals surface area (Å²) in [4.78, 5) is 34.1. The van der Waals surface area contributed by atoms with Crippen LogP contribution in [0.5, 0.6) is 0 Å². The molecule has 0 aromatic heterocycles. The highest BCUT2D eigenvalue weighted by molar-refractivity contribution is 5.86. The maximum Gasteiger partial charge on any atom is 0.326 e. The maximum absolute atomic E-state index is 11.6. The molecule has 0 saturated carbocycles. The van der Waals surface area contributed by atoms with Gasteiger partial charge in [-0.3, -0.25) is 4.79 Å². The van der Waals surface area contributed by atoms with Crippen molar-refractivity contribution in [3.63, 3.8) is 0 Å². The number of urea groups is 1. The summed E-state index contributed by atoms with van der Waals surface area (Å²) in [5, 5.41) is 19.4. The van der Waals surface area contributed by atoms with Crippen LogP contribution in [0, 0.1) is 0 Å². The van der Waals surface area contributed by atoms with Crippen LogP contribution < -0.4 is 5.32 Å². The van der Waals surface area contributed by atoms with Crippen LogP contribution in [0.1, 0.15) is 6.42 Å². The van der Waals surface area contributed by atoms with Crippen molar-refractivity contribution in [2.45, 2.75) is 12.5 Å². The standard InChI is InChI=1S/C9H14N2O6/c12-7(13)5-6(8(14)15)10-9(16)11-1-3-17-4-2-11/h6H,1-5H2,(H,10,16)(H,12,13)(H,14,15)/t6-/m1/s1. The first-order valence-electron chi connectivity index (χ1n) is 5.08. The lowest BCUT2D eigenvalue weighted by atomic mass is 10.2. The van der Waals surface area contributed by atoms with Crippen molar-refractivity contribution < 1.29 is 29.3 Å². The van der Waals surface area contributed by atoms with Gasteiger partial charge in [0.15, 0.2) is 0 Å². The molecule has 0 bridgehead atoms. The molecular weight excluding hydrogens is 232 g/mol. The quantitative estimate of drug-likeness (QED) is 0.583. The summed E-state index contributed by atoms with van der Waals surface area (Å²) >= 11 is 0. The monoisotopic (exact) mass is 246 g/mol. The van der Waals surface area contributed by atoms with E-state index < -0.39 is 30.4 Å². The lowest BCUT2D eigenvalue weighted by molar-refractivity contribution is -0.145. The second-order valence-corrected chi connectivity index (χ2v) is 3.54. The minimum Gasteiger partial charge on any atom is -0.481 e. The molecule has 0 aliphatic carbocycles. The molecule has 8 heteroatoms. The Morgan fingerprint density at radius 2 is 1.82 bits per heavy atom. The summed E-state index contributed by atoms with van der Waals surface area (Å²) in [7, 11) is 0. The fourth-order valence-corrected chi connectivity index (χ4v) is 1.38. The largest absolute Gasteiger partial charge is 0.481 e. The van der Waals surface area contributed by atoms with Crippen molar-refractivity contribution in [1.82, 2.24) is 10.2 Å². The van der Waals surface area contributed by atoms with Crippen molar-refractivity contribution in [1.29, 1.82) is 0 Å². The third kappa shape index (κ3) is 4.27. The van der Waals surface area contributed by atoms with E-state index >= 15 is 0 Å². The molecule has 1 aliphatic heterocycles. The van der Waals surface area contributed by atoms with Crippen LogP contribution >= 0.6 is 0 Å². The van der Waals surface area contributed by atoms with E-state index in [1.165, 1.54) is 4.90 Å². The van der Waals surface area contributed by atoms with E-state index in [0.717, 1.165) is 0 Å². The van der Waals surface area contributed by atoms with Crippen LogP contribution in [0.2, 0.25) is 0 Å². The fraction of sp³-hybridized carbons (Fsp3) is 0.667. The van der Waals surface area contributed by atoms with Crippen LogP contribution in [0.15, 0.2) is 0 Å². The Morgan fingerprint density at radius 3 is 2.29 bits per heavy atom. The van der Waals surface area contributed by atoms with Crippen molar-refractivity contribution in [3.05, 3.63) is 0 Å². The summed E-state index contributed by atoms with van der Waals surface area (Å²) in [6.45, 7) is 1.52. The Kier molecular flexibility index (Phi) is 4.70. The highest BCUT2D eigenvalue weighted by Gasteiger charge is 2.26. The van der Waals surface area contributed by atoms with Crippen LogP contribution in [0.4, 0.5) is 4.79 Å². The van der Waals surface area contributed by atoms with Gasteiger partial charge in [0.25, 0.3) is 0 Å². The summed E-state index contributed by atoms with van der Waals surface area (Å²) in [5.74, 6) is -2.64. The van der Waals surface area contributed by atoms with Crippen molar-refractivity contribution in [2.75, 3.05) is 26.3 Å². The minimum absolute atomic E-state index is 0.366. The number of nitrogens with zero attached hydrogens (tertiary/aromatic N) is 1. The number of aliphatic carboxylic acids is 2. The third-order valence-electron chi connectivity index (χ3n) is 2.27. The summed E-state index contributed by atoms with van der Waals surface area (Å²) in [6, 6.07) is -2.00. The molecule has 0 unspecified atom stereocenters. The van der Waals surface area contributed by atoms with E-state index in [-0.39, 0.29) is 0 Å². The Hall–Kier alpha value is -1.83. The lowest BCUT2D eigenvalue weighted by Crippen LogP contribution is -2.51. The molecule has 0 aromatic carbocycles. The fourth-order valence-electron chi connectivity index (χ4n) is 1.38. The number of carboxylic acids is 2. The molecule has 1 aliphatic rings. The van der Waals surface area contributed by atoms with Gasteiger partial charge >= 0.3 is 18.0 Å². The first-order chi connectivity index (χ1) is 8.00. The Morgan fingerprint density at radius 1 is 1.24 bits per heavy atom. The van der Waals surface area contributed by atoms with Gasteiger partial charge in [-0.2, -0.15) is 0 Å². The maximum atomic E-state index is 11.6. The Balaban J connectivity index is 2.50. The number of carbonyl (C=O) groups is 3. The second kappa shape index (κ2) is 6.04. The summed E-state index contributed by atoms with van der Waals surface area (Å²) < 4.78 is 5.03. The molecule has 2 amide bonds. The number of carbonyl (C=O) groups excluding carboxylic acids is 1. The van der Waals surface area contributed by atoms with Gasteiger partial charge in [0, 0.05) is 13.1 Å². The molecule has 0 aromatic rings. The Bertz CT molecular complexity index is 313. The van der Waals surface area contributed by atoms with Gasteiger partial charge in [-0.05, 0) is 0 Å². The number of morpholine rings is 1. The summed E-state index contributed by atoms with van der Waals surface area (Å²) in [5.41, 5.74) is 0. The molecule has 8 nitrogen and oxygen atoms in total. The number of amides is 2. The molecule has 1 atom stereocenters. The number of nitrogens with one attached hydrogen (secondary N) is 1. The van der Waals surface area contributed by atoms with E-state index in [2.05, 4.69) is 5.32 Å². The predicted molar refractivity (Wildman–Crippen MR) is 54.6 cm³/mol. The topological polar surface area (TPSA) is 116 Å². The third-order valence-corrected chi connectivity index (χ3v) is 2.27. The van der Waals surface area contributed by atoms with Gasteiger partial charge in [0.05, 0.1) is 19.6 Å². The zero-order valence-corrected chi connectivity index (χ0v) is 9.09. The summed E-state index contributed by atoms with van der Waals surface area (Å²) in [6.07, 6.45) is -0.647. The average Bonchev–Trinajstić information content (AvgIpc) is 2.28. The average molecular weight is 246 g/mol. The predicted octanol–water partition coefficient (Wildman–Crippen LogP) is -1.04. The molecule has 96 valence electrons. The van der Waals surface area contributed by atoms with E-state index in [4.69, 9.17) is 14.9 Å². The Labute approximate surface area is 97.1 Å². The first kappa shape index (κ1) is 13.2. The number of carboxylic acid groups (broad SMARTS) is 2. The molecule has 0 radical (unpaired) electrons. The van der Waals surface area contributed by atoms with Crippen LogP contribution in [-0.2, 0) is 14.3 Å². The zero-order chi connectivity index (χ0) is 12.8. The van der Waals surface area contributed by atoms with Crippen LogP contribution in [0.3, 0.4) is 0 Å². The van der Waals surface area contributed by atoms with Gasteiger partial charge < -0.3 is 25.2 Å².